The third kappa shape index (κ3) is 3.69. The second-order valence-corrected chi connectivity index (χ2v) is 8.15. The highest BCUT2D eigenvalue weighted by molar-refractivity contribution is 9.10. The minimum absolute atomic E-state index is 0.167. The molecule has 0 atom stereocenters. The maximum absolute atomic E-state index is 13.0. The molecular weight excluding hydrogens is 428 g/mol. The number of nitrogens with zero attached hydrogens (tertiary/aromatic N) is 1. The lowest BCUT2D eigenvalue weighted by Crippen LogP contribution is -2.13. The standard InChI is InChI=1S/C23H19BrN4O/c24-17-10-19(23(29)26-18-7-6-15-12-25-13-16(15)9-18)22-20(11-17)27-21(28-22)8-14-4-2-1-3-5-14/h1-7,9-11,25H,8,12-13H2,(H,26,29)(H,27,28). The Labute approximate surface area is 176 Å². The molecule has 1 aliphatic rings. The second kappa shape index (κ2) is 7.46. The molecule has 0 fully saturated rings. The van der Waals surface area contributed by atoms with Gasteiger partial charge in [0.05, 0.1) is 11.1 Å². The number of carbonyl (C=O) groups is 1. The highest BCUT2D eigenvalue weighted by Gasteiger charge is 2.17. The van der Waals surface area contributed by atoms with Gasteiger partial charge in [0.15, 0.2) is 0 Å². The SMILES string of the molecule is O=C(Nc1ccc2c(c1)CNC2)c1cc(Br)cc2[nH]c(Cc3ccccc3)nc12. The molecule has 0 aliphatic carbocycles. The molecule has 1 amide bonds. The number of hydrogen-bond acceptors (Lipinski definition) is 3. The summed E-state index contributed by atoms with van der Waals surface area (Å²) in [6.45, 7) is 1.72. The van der Waals surface area contributed by atoms with E-state index in [0.29, 0.717) is 17.5 Å². The Kier molecular flexibility index (Phi) is 4.66. The van der Waals surface area contributed by atoms with Crippen LogP contribution in [0.25, 0.3) is 11.0 Å². The molecule has 3 aromatic carbocycles. The summed E-state index contributed by atoms with van der Waals surface area (Å²) in [6.07, 6.45) is 0.687. The number of fused-ring (bicyclic) bond motifs is 2. The van der Waals surface area contributed by atoms with E-state index in [4.69, 9.17) is 4.98 Å². The smallest absolute Gasteiger partial charge is 0.257 e. The van der Waals surface area contributed by atoms with Gasteiger partial charge in [-0.15, -0.1) is 0 Å². The van der Waals surface area contributed by atoms with Crippen molar-refractivity contribution in [3.05, 3.63) is 93.2 Å². The van der Waals surface area contributed by atoms with Crippen LogP contribution in [-0.4, -0.2) is 15.9 Å². The van der Waals surface area contributed by atoms with Crippen LogP contribution in [0.5, 0.6) is 0 Å². The van der Waals surface area contributed by atoms with E-state index in [0.717, 1.165) is 34.6 Å². The lowest BCUT2D eigenvalue weighted by Gasteiger charge is -2.08. The summed E-state index contributed by atoms with van der Waals surface area (Å²) in [7, 11) is 0. The molecule has 0 spiro atoms. The van der Waals surface area contributed by atoms with Crippen molar-refractivity contribution in [2.24, 2.45) is 0 Å². The van der Waals surface area contributed by atoms with Crippen molar-refractivity contribution in [1.82, 2.24) is 15.3 Å². The van der Waals surface area contributed by atoms with E-state index >= 15 is 0 Å². The predicted molar refractivity (Wildman–Crippen MR) is 118 cm³/mol. The van der Waals surface area contributed by atoms with Crippen LogP contribution < -0.4 is 10.6 Å². The molecule has 2 heterocycles. The van der Waals surface area contributed by atoms with Gasteiger partial charge in [-0.25, -0.2) is 4.98 Å². The van der Waals surface area contributed by atoms with Crippen LogP contribution in [0.1, 0.15) is 32.9 Å². The third-order valence-electron chi connectivity index (χ3n) is 5.15. The highest BCUT2D eigenvalue weighted by atomic mass is 79.9. The van der Waals surface area contributed by atoms with Gasteiger partial charge in [0.25, 0.3) is 5.91 Å². The number of H-pyrrole nitrogens is 1. The fraction of sp³-hybridized carbons (Fsp3) is 0.130. The van der Waals surface area contributed by atoms with Gasteiger partial charge >= 0.3 is 0 Å². The normalized spacial score (nSPS) is 12.9. The molecule has 4 aromatic rings. The third-order valence-corrected chi connectivity index (χ3v) is 5.61. The summed E-state index contributed by atoms with van der Waals surface area (Å²) in [5.41, 5.74) is 6.54. The second-order valence-electron chi connectivity index (χ2n) is 7.24. The van der Waals surface area contributed by atoms with Gasteiger partial charge in [-0.3, -0.25) is 4.79 Å². The molecule has 0 unspecified atom stereocenters. The molecule has 29 heavy (non-hydrogen) atoms. The summed E-state index contributed by atoms with van der Waals surface area (Å²) >= 11 is 3.52. The van der Waals surface area contributed by atoms with Crippen molar-refractivity contribution in [1.29, 1.82) is 0 Å². The van der Waals surface area contributed by atoms with Crippen molar-refractivity contribution < 1.29 is 4.79 Å². The Morgan fingerprint density at radius 2 is 1.86 bits per heavy atom. The number of imidazole rings is 1. The maximum atomic E-state index is 13.0. The predicted octanol–water partition coefficient (Wildman–Crippen LogP) is 4.77. The van der Waals surface area contributed by atoms with Gasteiger partial charge in [0.1, 0.15) is 11.3 Å². The van der Waals surface area contributed by atoms with Crippen LogP contribution in [0.4, 0.5) is 5.69 Å². The van der Waals surface area contributed by atoms with E-state index in [1.807, 2.05) is 42.5 Å². The van der Waals surface area contributed by atoms with Crippen LogP contribution in [0.15, 0.2) is 65.1 Å². The molecule has 3 N–H and O–H groups in total. The molecule has 0 bridgehead atoms. The topological polar surface area (TPSA) is 69.8 Å². The fourth-order valence-electron chi connectivity index (χ4n) is 3.75. The number of rotatable bonds is 4. The molecular formula is C23H19BrN4O. The number of hydrogen-bond donors (Lipinski definition) is 3. The molecule has 0 saturated carbocycles. The lowest BCUT2D eigenvalue weighted by atomic mass is 10.1. The first kappa shape index (κ1) is 18.1. The Hall–Kier alpha value is -2.96. The summed E-state index contributed by atoms with van der Waals surface area (Å²) in [4.78, 5) is 21.1. The molecule has 1 aromatic heterocycles. The maximum Gasteiger partial charge on any atom is 0.257 e. The first-order valence-electron chi connectivity index (χ1n) is 9.52. The van der Waals surface area contributed by atoms with Crippen molar-refractivity contribution in [3.63, 3.8) is 0 Å². The number of anilines is 1. The van der Waals surface area contributed by atoms with Gasteiger partial charge in [-0.05, 0) is 41.0 Å². The first-order valence-corrected chi connectivity index (χ1v) is 10.3. The van der Waals surface area contributed by atoms with E-state index in [9.17, 15) is 4.79 Å². The zero-order valence-electron chi connectivity index (χ0n) is 15.6. The van der Waals surface area contributed by atoms with Crippen molar-refractivity contribution in [2.45, 2.75) is 19.5 Å². The molecule has 0 saturated heterocycles. The first-order chi connectivity index (χ1) is 14.2. The molecule has 5 rings (SSSR count). The minimum Gasteiger partial charge on any atom is -0.342 e. The van der Waals surface area contributed by atoms with E-state index in [-0.39, 0.29) is 5.91 Å². The van der Waals surface area contributed by atoms with Gasteiger partial charge in [0.2, 0.25) is 0 Å². The van der Waals surface area contributed by atoms with E-state index in [2.05, 4.69) is 49.7 Å². The summed E-state index contributed by atoms with van der Waals surface area (Å²) < 4.78 is 0.836. The number of nitrogens with one attached hydrogen (secondary N) is 3. The molecule has 6 heteroatoms. The Bertz CT molecular complexity index is 1220. The Morgan fingerprint density at radius 3 is 2.72 bits per heavy atom. The number of benzene rings is 3. The van der Waals surface area contributed by atoms with Crippen LogP contribution in [0.2, 0.25) is 0 Å². The number of amides is 1. The highest BCUT2D eigenvalue weighted by Crippen LogP contribution is 2.26. The van der Waals surface area contributed by atoms with E-state index < -0.39 is 0 Å². The van der Waals surface area contributed by atoms with Gasteiger partial charge in [0, 0.05) is 29.7 Å². The summed E-state index contributed by atoms with van der Waals surface area (Å²) in [5.74, 6) is 0.668. The Morgan fingerprint density at radius 1 is 1.03 bits per heavy atom. The van der Waals surface area contributed by atoms with Crippen LogP contribution in [0.3, 0.4) is 0 Å². The van der Waals surface area contributed by atoms with Crippen molar-refractivity contribution in [3.8, 4) is 0 Å². The minimum atomic E-state index is -0.167. The largest absolute Gasteiger partial charge is 0.342 e. The van der Waals surface area contributed by atoms with Crippen LogP contribution >= 0.6 is 15.9 Å². The molecule has 0 radical (unpaired) electrons. The van der Waals surface area contributed by atoms with E-state index in [1.165, 1.54) is 16.7 Å². The van der Waals surface area contributed by atoms with Gasteiger partial charge in [-0.1, -0.05) is 52.3 Å². The van der Waals surface area contributed by atoms with Crippen molar-refractivity contribution >= 4 is 38.6 Å². The van der Waals surface area contributed by atoms with E-state index in [1.54, 1.807) is 0 Å². The number of halogens is 1. The quantitative estimate of drug-likeness (QED) is 0.422. The zero-order valence-corrected chi connectivity index (χ0v) is 17.2. The number of aromatic amines is 1. The average Bonchev–Trinajstić information content (AvgIpc) is 3.34. The van der Waals surface area contributed by atoms with Crippen molar-refractivity contribution in [2.75, 3.05) is 5.32 Å². The summed E-state index contributed by atoms with van der Waals surface area (Å²) in [6, 6.07) is 20.0. The monoisotopic (exact) mass is 446 g/mol. The molecule has 1 aliphatic heterocycles. The van der Waals surface area contributed by atoms with Crippen LogP contribution in [-0.2, 0) is 19.5 Å². The number of aromatic nitrogens is 2. The molecule has 5 nitrogen and oxygen atoms in total. The molecule has 144 valence electrons. The fourth-order valence-corrected chi connectivity index (χ4v) is 4.21. The van der Waals surface area contributed by atoms with Gasteiger partial charge in [-0.2, -0.15) is 0 Å². The lowest BCUT2D eigenvalue weighted by molar-refractivity contribution is 0.102. The summed E-state index contributed by atoms with van der Waals surface area (Å²) in [5, 5.41) is 6.35. The van der Waals surface area contributed by atoms with Crippen LogP contribution in [0, 0.1) is 0 Å². The average molecular weight is 447 g/mol. The van der Waals surface area contributed by atoms with Gasteiger partial charge < -0.3 is 15.6 Å². The number of carbonyl (C=O) groups excluding carboxylic acids is 1. The Balaban J connectivity index is 1.46. The zero-order chi connectivity index (χ0) is 19.8.